The summed E-state index contributed by atoms with van der Waals surface area (Å²) in [4.78, 5) is 28.8. The number of hydrogen-bond acceptors (Lipinski definition) is 6. The zero-order valence-electron chi connectivity index (χ0n) is 16.0. The average molecular weight is 411 g/mol. The third-order valence-electron chi connectivity index (χ3n) is 3.98. The van der Waals surface area contributed by atoms with Gasteiger partial charge in [-0.25, -0.2) is 9.78 Å². The van der Waals surface area contributed by atoms with Crippen molar-refractivity contribution in [2.45, 2.75) is 25.7 Å². The van der Waals surface area contributed by atoms with Crippen LogP contribution in [0.25, 0.3) is 0 Å². The van der Waals surface area contributed by atoms with E-state index in [4.69, 9.17) is 4.74 Å². The fourth-order valence-electron chi connectivity index (χ4n) is 2.41. The fraction of sp³-hybridized carbons (Fsp3) is 0.316. The first-order valence-corrected chi connectivity index (χ1v) is 8.55. The first-order chi connectivity index (χ1) is 13.6. The highest BCUT2D eigenvalue weighted by Crippen LogP contribution is 2.33. The second-order valence-electron chi connectivity index (χ2n) is 5.94. The Labute approximate surface area is 165 Å². The van der Waals surface area contributed by atoms with Crippen molar-refractivity contribution in [1.82, 2.24) is 10.3 Å². The largest absolute Gasteiger partial charge is 0.497 e. The van der Waals surface area contributed by atoms with Crippen molar-refractivity contribution in [2.75, 3.05) is 19.0 Å². The molecule has 2 N–H and O–H groups in total. The molecule has 0 bridgehead atoms. The number of nitrogens with one attached hydrogen (secondary N) is 2. The topological polar surface area (TPSA) is 89.5 Å². The van der Waals surface area contributed by atoms with Crippen LogP contribution in [0.5, 0.6) is 5.75 Å². The molecule has 10 heteroatoms. The molecule has 1 atom stereocenters. The van der Waals surface area contributed by atoms with E-state index >= 15 is 0 Å². The average Bonchev–Trinajstić information content (AvgIpc) is 2.68. The fourth-order valence-corrected chi connectivity index (χ4v) is 2.41. The standard InChI is InChI=1S/C19H20F3N3O4/c1-4-29-17(27)18(19(20,21)22,24-15-12(2)6-5-11-23-15)25-16(26)13-7-9-14(28-3)10-8-13/h5-11H,4H2,1-3H3,(H,23,24)(H,25,26)/t18-/m0/s1. The van der Waals surface area contributed by atoms with Gasteiger partial charge < -0.3 is 20.1 Å². The minimum atomic E-state index is -5.24. The molecular formula is C19H20F3N3O4. The van der Waals surface area contributed by atoms with Gasteiger partial charge in [0.15, 0.2) is 0 Å². The van der Waals surface area contributed by atoms with E-state index in [1.165, 1.54) is 63.6 Å². The summed E-state index contributed by atoms with van der Waals surface area (Å²) in [6.45, 7) is 2.54. The number of rotatable bonds is 7. The molecule has 1 heterocycles. The number of esters is 1. The lowest BCUT2D eigenvalue weighted by Gasteiger charge is -2.35. The summed E-state index contributed by atoms with van der Waals surface area (Å²) in [6, 6.07) is 8.39. The number of methoxy groups -OCH3 is 1. The van der Waals surface area contributed by atoms with Gasteiger partial charge in [-0.1, -0.05) is 6.07 Å². The number of aromatic nitrogens is 1. The van der Waals surface area contributed by atoms with E-state index in [1.807, 2.05) is 5.32 Å². The van der Waals surface area contributed by atoms with Gasteiger partial charge in [0.05, 0.1) is 13.7 Å². The van der Waals surface area contributed by atoms with E-state index < -0.39 is 23.7 Å². The van der Waals surface area contributed by atoms with E-state index in [0.717, 1.165) is 0 Å². The number of carbonyl (C=O) groups excluding carboxylic acids is 2. The number of alkyl halides is 3. The van der Waals surface area contributed by atoms with Crippen LogP contribution in [-0.2, 0) is 9.53 Å². The highest BCUT2D eigenvalue weighted by molar-refractivity contribution is 5.99. The molecule has 1 aromatic heterocycles. The van der Waals surface area contributed by atoms with Gasteiger partial charge in [-0.15, -0.1) is 0 Å². The lowest BCUT2D eigenvalue weighted by molar-refractivity contribution is -0.204. The van der Waals surface area contributed by atoms with Crippen molar-refractivity contribution in [3.63, 3.8) is 0 Å². The van der Waals surface area contributed by atoms with Crippen LogP contribution in [0.3, 0.4) is 0 Å². The summed E-state index contributed by atoms with van der Waals surface area (Å²) in [7, 11) is 1.41. The van der Waals surface area contributed by atoms with Crippen molar-refractivity contribution in [2.24, 2.45) is 0 Å². The van der Waals surface area contributed by atoms with Crippen LogP contribution in [0.4, 0.5) is 19.0 Å². The van der Waals surface area contributed by atoms with Gasteiger partial charge in [0.2, 0.25) is 0 Å². The monoisotopic (exact) mass is 411 g/mol. The number of carbonyl (C=O) groups is 2. The minimum absolute atomic E-state index is 0.108. The molecule has 0 saturated heterocycles. The minimum Gasteiger partial charge on any atom is -0.497 e. The molecule has 7 nitrogen and oxygen atoms in total. The maximum absolute atomic E-state index is 14.1. The maximum Gasteiger partial charge on any atom is 0.441 e. The molecule has 0 radical (unpaired) electrons. The molecule has 1 amide bonds. The van der Waals surface area contributed by atoms with Gasteiger partial charge in [0.1, 0.15) is 11.6 Å². The molecular weight excluding hydrogens is 391 g/mol. The van der Waals surface area contributed by atoms with E-state index in [9.17, 15) is 22.8 Å². The van der Waals surface area contributed by atoms with Crippen LogP contribution in [0.2, 0.25) is 0 Å². The van der Waals surface area contributed by atoms with Crippen LogP contribution in [0.1, 0.15) is 22.8 Å². The van der Waals surface area contributed by atoms with E-state index in [2.05, 4.69) is 9.72 Å². The molecule has 0 saturated carbocycles. The number of amides is 1. The Kier molecular flexibility index (Phi) is 6.68. The highest BCUT2D eigenvalue weighted by Gasteiger charge is 2.64. The third-order valence-corrected chi connectivity index (χ3v) is 3.98. The van der Waals surface area contributed by atoms with Crippen LogP contribution in [0, 0.1) is 6.92 Å². The van der Waals surface area contributed by atoms with Crippen molar-refractivity contribution >= 4 is 17.7 Å². The zero-order valence-corrected chi connectivity index (χ0v) is 16.0. The summed E-state index contributed by atoms with van der Waals surface area (Å²) >= 11 is 0. The Balaban J connectivity index is 2.50. The van der Waals surface area contributed by atoms with Crippen molar-refractivity contribution in [3.8, 4) is 5.75 Å². The molecule has 1 aromatic carbocycles. The van der Waals surface area contributed by atoms with Crippen LogP contribution in [-0.4, -0.2) is 42.4 Å². The summed E-state index contributed by atoms with van der Waals surface area (Å²) in [5.41, 5.74) is -3.31. The number of pyridine rings is 1. The van der Waals surface area contributed by atoms with Gasteiger partial charge in [0, 0.05) is 11.8 Å². The molecule has 156 valence electrons. The molecule has 0 aliphatic rings. The van der Waals surface area contributed by atoms with Crippen LogP contribution in [0.15, 0.2) is 42.6 Å². The second kappa shape index (κ2) is 8.80. The lowest BCUT2D eigenvalue weighted by atomic mass is 10.1. The molecule has 0 aliphatic carbocycles. The Bertz CT molecular complexity index is 872. The summed E-state index contributed by atoms with van der Waals surface area (Å²) < 4.78 is 52.0. The molecule has 0 fully saturated rings. The quantitative estimate of drug-likeness (QED) is 0.538. The summed E-state index contributed by atoms with van der Waals surface area (Å²) in [6.07, 6.45) is -3.99. The predicted molar refractivity (Wildman–Crippen MR) is 98.5 cm³/mol. The number of halogens is 3. The van der Waals surface area contributed by atoms with E-state index in [1.54, 1.807) is 5.32 Å². The number of aryl methyl sites for hydroxylation is 1. The van der Waals surface area contributed by atoms with Gasteiger partial charge in [0.25, 0.3) is 5.91 Å². The van der Waals surface area contributed by atoms with Crippen LogP contribution >= 0.6 is 0 Å². The number of hydrogen-bond donors (Lipinski definition) is 2. The van der Waals surface area contributed by atoms with Gasteiger partial charge in [-0.2, -0.15) is 13.2 Å². The van der Waals surface area contributed by atoms with Gasteiger partial charge >= 0.3 is 17.8 Å². The number of benzene rings is 1. The van der Waals surface area contributed by atoms with Crippen molar-refractivity contribution in [3.05, 3.63) is 53.7 Å². The Morgan fingerprint density at radius 1 is 1.14 bits per heavy atom. The Morgan fingerprint density at radius 3 is 2.31 bits per heavy atom. The normalized spacial score (nSPS) is 13.2. The molecule has 29 heavy (non-hydrogen) atoms. The molecule has 0 spiro atoms. The van der Waals surface area contributed by atoms with E-state index in [-0.39, 0.29) is 18.0 Å². The summed E-state index contributed by atoms with van der Waals surface area (Å²) in [5.74, 6) is -2.66. The molecule has 0 aliphatic heterocycles. The first kappa shape index (κ1) is 22.0. The molecule has 0 unspecified atom stereocenters. The highest BCUT2D eigenvalue weighted by atomic mass is 19.4. The van der Waals surface area contributed by atoms with Gasteiger partial charge in [-0.3, -0.25) is 4.79 Å². The van der Waals surface area contributed by atoms with Crippen molar-refractivity contribution < 1.29 is 32.2 Å². The van der Waals surface area contributed by atoms with Crippen LogP contribution < -0.4 is 15.4 Å². The Hall–Kier alpha value is -3.30. The third kappa shape index (κ3) is 4.76. The summed E-state index contributed by atoms with van der Waals surface area (Å²) in [5, 5.41) is 3.80. The second-order valence-corrected chi connectivity index (χ2v) is 5.94. The Morgan fingerprint density at radius 2 is 1.79 bits per heavy atom. The number of anilines is 1. The van der Waals surface area contributed by atoms with Gasteiger partial charge in [-0.05, 0) is 49.7 Å². The maximum atomic E-state index is 14.1. The lowest BCUT2D eigenvalue weighted by Crippen LogP contribution is -2.69. The zero-order chi connectivity index (χ0) is 21.7. The predicted octanol–water partition coefficient (Wildman–Crippen LogP) is 3.06. The smallest absolute Gasteiger partial charge is 0.441 e. The SMILES string of the molecule is CCOC(=O)[C@@](NC(=O)c1ccc(OC)cc1)(Nc1ncccc1C)C(F)(F)F. The first-order valence-electron chi connectivity index (χ1n) is 8.55. The molecule has 2 aromatic rings. The molecule has 2 rings (SSSR count). The number of ether oxygens (including phenoxy) is 2. The van der Waals surface area contributed by atoms with Crippen molar-refractivity contribution in [1.29, 1.82) is 0 Å². The number of nitrogens with zero attached hydrogens (tertiary/aromatic N) is 1. The van der Waals surface area contributed by atoms with E-state index in [0.29, 0.717) is 11.3 Å².